The second-order valence-corrected chi connectivity index (χ2v) is 8.91. The molecule has 2 heterocycles. The van der Waals surface area contributed by atoms with Crippen LogP contribution in [0.2, 0.25) is 0 Å². The predicted octanol–water partition coefficient (Wildman–Crippen LogP) is -0.371. The summed E-state index contributed by atoms with van der Waals surface area (Å²) in [6.45, 7) is 6.40. The monoisotopic (exact) mass is 375 g/mol. The fourth-order valence-electron chi connectivity index (χ4n) is 6.39. The molecule has 140 valence electrons. The van der Waals surface area contributed by atoms with Gasteiger partial charge in [0.15, 0.2) is 11.5 Å². The molecule has 5 heteroatoms. The van der Waals surface area contributed by atoms with Crippen LogP contribution in [0.5, 0.6) is 11.5 Å². The second kappa shape index (κ2) is 5.18. The number of benzene rings is 1. The van der Waals surface area contributed by atoms with Gasteiger partial charge in [0.2, 0.25) is 0 Å². The molecule has 0 aromatic heterocycles. The number of ether oxygens (including phenoxy) is 1. The third kappa shape index (κ3) is 1.78. The molecule has 1 aromatic rings. The molecule has 0 radical (unpaired) electrons. The van der Waals surface area contributed by atoms with E-state index < -0.39 is 11.0 Å². The second-order valence-electron chi connectivity index (χ2n) is 8.91. The molecule has 1 aromatic carbocycles. The van der Waals surface area contributed by atoms with Crippen LogP contribution in [0.3, 0.4) is 0 Å². The summed E-state index contributed by atoms with van der Waals surface area (Å²) in [6, 6.07) is 3.96. The maximum Gasteiger partial charge on any atom is 1.00 e. The summed E-state index contributed by atoms with van der Waals surface area (Å²) in [4.78, 5) is 2.56. The minimum Gasteiger partial charge on any atom is -1.00 e. The number of nitrogens with zero attached hydrogens (tertiary/aromatic N) is 1. The summed E-state index contributed by atoms with van der Waals surface area (Å²) in [5, 5.41) is 22.5. The van der Waals surface area contributed by atoms with Crippen LogP contribution >= 0.6 is 0 Å². The van der Waals surface area contributed by atoms with E-state index in [1.165, 1.54) is 18.4 Å². The van der Waals surface area contributed by atoms with E-state index in [-0.39, 0.29) is 31.7 Å². The molecule has 1 saturated heterocycles. The Morgan fingerprint density at radius 2 is 2.12 bits per heavy atom. The Balaban J connectivity index is 0.000000900. The van der Waals surface area contributed by atoms with E-state index in [1.807, 2.05) is 6.07 Å². The lowest BCUT2D eigenvalue weighted by atomic mass is 9.48. The van der Waals surface area contributed by atoms with Crippen LogP contribution in [0.4, 0.5) is 0 Å². The number of phenolic OH excluding ortho intramolecular Hbond substituents is 1. The number of aromatic hydroxyl groups is 1. The van der Waals surface area contributed by atoms with Crippen LogP contribution in [-0.4, -0.2) is 45.9 Å². The molecule has 3 aliphatic carbocycles. The first-order valence-electron chi connectivity index (χ1n) is 9.71. The average molecular weight is 376 g/mol. The highest BCUT2D eigenvalue weighted by Crippen LogP contribution is 2.66. The Kier molecular flexibility index (Phi) is 3.37. The van der Waals surface area contributed by atoms with E-state index in [2.05, 4.69) is 11.5 Å². The molecular weight excluding hydrogens is 350 g/mol. The van der Waals surface area contributed by atoms with Gasteiger partial charge in [0.1, 0.15) is 6.10 Å². The quantitative estimate of drug-likeness (QED) is 0.693. The fraction of sp³-hybridized carbons (Fsp3) is 0.619. The highest BCUT2D eigenvalue weighted by Gasteiger charge is 2.71. The van der Waals surface area contributed by atoms with Gasteiger partial charge in [0, 0.05) is 18.2 Å². The summed E-state index contributed by atoms with van der Waals surface area (Å²) in [7, 11) is 0. The molecule has 2 saturated carbocycles. The largest absolute Gasteiger partial charge is 1.00 e. The Bertz CT molecular complexity index is 813. The lowest BCUT2D eigenvalue weighted by Gasteiger charge is -2.63. The van der Waals surface area contributed by atoms with Crippen molar-refractivity contribution < 1.29 is 28.8 Å². The van der Waals surface area contributed by atoms with E-state index in [1.54, 1.807) is 6.07 Å². The third-order valence-corrected chi connectivity index (χ3v) is 7.71. The zero-order chi connectivity index (χ0) is 17.0. The van der Waals surface area contributed by atoms with Gasteiger partial charge in [-0.1, -0.05) is 12.6 Å². The number of piperidine rings is 1. The van der Waals surface area contributed by atoms with Crippen molar-refractivity contribution in [1.29, 1.82) is 0 Å². The minimum atomic E-state index is -0.780. The molecule has 1 spiro atoms. The molecule has 3 fully saturated rings. The maximum atomic E-state index is 12.1. The van der Waals surface area contributed by atoms with Crippen LogP contribution in [0, 0.1) is 5.92 Å². The van der Waals surface area contributed by atoms with Gasteiger partial charge in [-0.05, 0) is 68.2 Å². The first-order chi connectivity index (χ1) is 12.0. The zero-order valence-corrected chi connectivity index (χ0v) is 15.6. The summed E-state index contributed by atoms with van der Waals surface area (Å²) >= 11 is 0. The van der Waals surface area contributed by atoms with Crippen LogP contribution < -0.4 is 17.1 Å². The molecule has 2 bridgehead atoms. The van der Waals surface area contributed by atoms with Crippen LogP contribution in [0.15, 0.2) is 24.3 Å². The van der Waals surface area contributed by atoms with Crippen molar-refractivity contribution in [3.8, 4) is 11.5 Å². The van der Waals surface area contributed by atoms with Crippen LogP contribution in [0.25, 0.3) is 0 Å². The standard InChI is InChI=1S/C21H25NO3.ClH/c1-12-6-7-21(24)16-10-14-4-5-15(23)18-17(14)20(21,19(12)25-18)8-9-22(16)11-13-2-3-13;/h4-5,13,16,19,23-24H,1-3,6-11H2;1H/t16-,19+,20+,21-;/m1./s1. The van der Waals surface area contributed by atoms with Gasteiger partial charge in [0.25, 0.3) is 0 Å². The Labute approximate surface area is 161 Å². The van der Waals surface area contributed by atoms with E-state index in [4.69, 9.17) is 4.74 Å². The number of rotatable bonds is 2. The molecule has 5 aliphatic rings. The Hall–Kier alpha value is -1.23. The first kappa shape index (κ1) is 16.9. The molecular formula is C21H26ClNO3. The lowest BCUT2D eigenvalue weighted by molar-refractivity contribution is -0.174. The highest BCUT2D eigenvalue weighted by molar-refractivity contribution is 5.63. The van der Waals surface area contributed by atoms with Crippen LogP contribution in [-0.2, 0) is 11.8 Å². The van der Waals surface area contributed by atoms with E-state index in [0.29, 0.717) is 5.75 Å². The predicted molar refractivity (Wildman–Crippen MR) is 95.0 cm³/mol. The number of likely N-dealkylation sites (tertiary alicyclic amines) is 1. The van der Waals surface area contributed by atoms with Crippen molar-refractivity contribution in [2.45, 2.75) is 61.7 Å². The van der Waals surface area contributed by atoms with E-state index >= 15 is 0 Å². The van der Waals surface area contributed by atoms with Gasteiger partial charge in [0.05, 0.1) is 11.0 Å². The summed E-state index contributed by atoms with van der Waals surface area (Å²) in [5.74, 6) is 1.64. The normalized spacial score (nSPS) is 39.8. The van der Waals surface area contributed by atoms with Gasteiger partial charge in [-0.15, -0.1) is 0 Å². The summed E-state index contributed by atoms with van der Waals surface area (Å²) in [6.07, 6.45) is 5.79. The minimum absolute atomic E-state index is 0. The Morgan fingerprint density at radius 1 is 1.31 bits per heavy atom. The van der Waals surface area contributed by atoms with Gasteiger partial charge >= 0.3 is 1.43 Å². The topological polar surface area (TPSA) is 52.9 Å². The average Bonchev–Trinajstić information content (AvgIpc) is 3.32. The van der Waals surface area contributed by atoms with Gasteiger partial charge < -0.3 is 27.4 Å². The van der Waals surface area contributed by atoms with Gasteiger partial charge in [-0.25, -0.2) is 0 Å². The third-order valence-electron chi connectivity index (χ3n) is 7.71. The fourth-order valence-corrected chi connectivity index (χ4v) is 6.39. The smallest absolute Gasteiger partial charge is 1.00 e. The molecule has 2 N–H and O–H groups in total. The summed E-state index contributed by atoms with van der Waals surface area (Å²) in [5.41, 5.74) is 2.21. The number of halogens is 1. The molecule has 0 amide bonds. The molecule has 0 unspecified atom stereocenters. The molecule has 2 aliphatic heterocycles. The number of phenols is 1. The number of aliphatic hydroxyl groups is 1. The lowest BCUT2D eigenvalue weighted by Crippen LogP contribution is -3.00. The van der Waals surface area contributed by atoms with Crippen molar-refractivity contribution in [1.82, 2.24) is 4.90 Å². The van der Waals surface area contributed by atoms with Crippen molar-refractivity contribution in [3.05, 3.63) is 35.4 Å². The Morgan fingerprint density at radius 3 is 2.88 bits per heavy atom. The maximum absolute atomic E-state index is 12.1. The SMILES string of the molecule is C=C1CC[C@@]2(O)[C@H]3Cc4ccc(O)c5c4[C@@]2(CCN3CC2CC2)[C@H]1O5.[Cl-].[H+]. The van der Waals surface area contributed by atoms with Crippen molar-refractivity contribution in [2.75, 3.05) is 13.1 Å². The number of hydrogen-bond donors (Lipinski definition) is 2. The van der Waals surface area contributed by atoms with Gasteiger partial charge in [-0.3, -0.25) is 4.90 Å². The number of hydrogen-bond acceptors (Lipinski definition) is 4. The van der Waals surface area contributed by atoms with Crippen LogP contribution in [0.1, 0.15) is 44.7 Å². The van der Waals surface area contributed by atoms with Crippen molar-refractivity contribution in [3.63, 3.8) is 0 Å². The zero-order valence-electron chi connectivity index (χ0n) is 15.9. The molecule has 4 atom stereocenters. The summed E-state index contributed by atoms with van der Waals surface area (Å²) < 4.78 is 6.29. The molecule has 26 heavy (non-hydrogen) atoms. The van der Waals surface area contributed by atoms with Crippen molar-refractivity contribution in [2.24, 2.45) is 5.92 Å². The highest BCUT2D eigenvalue weighted by atomic mass is 35.5. The molecule has 6 rings (SSSR count). The van der Waals surface area contributed by atoms with Gasteiger partial charge in [-0.2, -0.15) is 0 Å². The van der Waals surface area contributed by atoms with E-state index in [0.717, 1.165) is 55.8 Å². The van der Waals surface area contributed by atoms with Crippen molar-refractivity contribution >= 4 is 0 Å². The first-order valence-corrected chi connectivity index (χ1v) is 9.71. The van der Waals surface area contributed by atoms with E-state index in [9.17, 15) is 10.2 Å². The molecule has 4 nitrogen and oxygen atoms in total.